The summed E-state index contributed by atoms with van der Waals surface area (Å²) < 4.78 is 16.0. The summed E-state index contributed by atoms with van der Waals surface area (Å²) in [6, 6.07) is 11.1. The molecule has 1 aliphatic rings. The van der Waals surface area contributed by atoms with Crippen LogP contribution in [0.5, 0.6) is 5.75 Å². The SMILES string of the molecule is COC(=O)Oc1ccc(CC2CN(C(=O)OC)c3ccccc32)[n+]([B-]C#N)c1. The van der Waals surface area contributed by atoms with Crippen molar-refractivity contribution in [2.75, 3.05) is 25.7 Å². The molecule has 1 aromatic carbocycles. The zero-order valence-electron chi connectivity index (χ0n) is 15.5. The first kappa shape index (κ1) is 19.2. The number of methoxy groups -OCH3 is 2. The number of nitrogens with zero attached hydrogens (tertiary/aromatic N) is 3. The Labute approximate surface area is 163 Å². The van der Waals surface area contributed by atoms with Crippen molar-refractivity contribution in [3.63, 3.8) is 0 Å². The van der Waals surface area contributed by atoms with Gasteiger partial charge in [0.25, 0.3) is 0 Å². The van der Waals surface area contributed by atoms with Crippen molar-refractivity contribution in [3.8, 4) is 11.7 Å². The Bertz CT molecular complexity index is 943. The van der Waals surface area contributed by atoms with E-state index in [4.69, 9.17) is 14.7 Å². The first-order valence-electron chi connectivity index (χ1n) is 8.54. The number of para-hydroxylation sites is 1. The second-order valence-corrected chi connectivity index (χ2v) is 6.12. The summed E-state index contributed by atoms with van der Waals surface area (Å²) in [4.78, 5) is 25.0. The summed E-state index contributed by atoms with van der Waals surface area (Å²) in [5.41, 5.74) is 2.68. The second kappa shape index (κ2) is 8.44. The molecule has 28 heavy (non-hydrogen) atoms. The van der Waals surface area contributed by atoms with E-state index in [9.17, 15) is 9.59 Å². The zero-order valence-corrected chi connectivity index (χ0v) is 15.5. The van der Waals surface area contributed by atoms with Crippen molar-refractivity contribution in [1.82, 2.24) is 0 Å². The Hall–Kier alpha value is -3.54. The van der Waals surface area contributed by atoms with Gasteiger partial charge >= 0.3 is 12.2 Å². The van der Waals surface area contributed by atoms with Gasteiger partial charge in [0, 0.05) is 24.9 Å². The number of pyridine rings is 1. The van der Waals surface area contributed by atoms with Crippen molar-refractivity contribution in [2.24, 2.45) is 0 Å². The summed E-state index contributed by atoms with van der Waals surface area (Å²) in [6.07, 6.45) is 0.859. The number of ether oxygens (including phenoxy) is 3. The standard InChI is InChI=1S/C19H18BN3O5/c1-26-18(24)22-10-13(16-5-3-4-6-17(16)22)9-14-7-8-15(28-19(25)27-2)11-23(14)20-12-21/h3-8,11,13H,9-10H2,1-2H3. The summed E-state index contributed by atoms with van der Waals surface area (Å²) >= 11 is 0. The van der Waals surface area contributed by atoms with E-state index < -0.39 is 12.2 Å². The van der Waals surface area contributed by atoms with E-state index >= 15 is 0 Å². The van der Waals surface area contributed by atoms with Crippen LogP contribution < -0.4 is 14.1 Å². The summed E-state index contributed by atoms with van der Waals surface area (Å²) in [5, 5.41) is 9.10. The topological polar surface area (TPSA) is 92.7 Å². The van der Waals surface area contributed by atoms with Gasteiger partial charge in [0.15, 0.2) is 11.9 Å². The Morgan fingerprint density at radius 2 is 2.04 bits per heavy atom. The Kier molecular flexibility index (Phi) is 5.80. The maximum absolute atomic E-state index is 12.1. The van der Waals surface area contributed by atoms with Crippen LogP contribution in [0.15, 0.2) is 42.6 Å². The van der Waals surface area contributed by atoms with Crippen molar-refractivity contribution >= 4 is 25.4 Å². The molecule has 1 aromatic heterocycles. The number of carbonyl (C=O) groups excluding carboxylic acids is 2. The molecule has 1 atom stereocenters. The minimum Gasteiger partial charge on any atom is -0.455 e. The third kappa shape index (κ3) is 3.91. The molecule has 2 heterocycles. The highest BCUT2D eigenvalue weighted by atomic mass is 16.7. The molecule has 0 spiro atoms. The van der Waals surface area contributed by atoms with Gasteiger partial charge in [0.2, 0.25) is 7.41 Å². The first-order chi connectivity index (χ1) is 13.6. The van der Waals surface area contributed by atoms with Gasteiger partial charge in [-0.1, -0.05) is 18.2 Å². The molecule has 0 fully saturated rings. The van der Waals surface area contributed by atoms with E-state index in [0.717, 1.165) is 16.9 Å². The molecular weight excluding hydrogens is 361 g/mol. The number of amides is 1. The summed E-state index contributed by atoms with van der Waals surface area (Å²) in [6.45, 7) is 0.471. The number of nitriles is 1. The molecule has 1 aliphatic heterocycles. The number of anilines is 1. The minimum absolute atomic E-state index is 0.0287. The fourth-order valence-corrected chi connectivity index (χ4v) is 3.29. The van der Waals surface area contributed by atoms with E-state index in [-0.39, 0.29) is 11.7 Å². The van der Waals surface area contributed by atoms with Crippen molar-refractivity contribution < 1.29 is 28.3 Å². The smallest absolute Gasteiger partial charge is 0.455 e. The molecule has 1 amide bonds. The van der Waals surface area contributed by atoms with Gasteiger partial charge < -0.3 is 18.7 Å². The molecular formula is C19H18BN3O5. The lowest BCUT2D eigenvalue weighted by Crippen LogP contribution is -2.44. The highest BCUT2D eigenvalue weighted by Gasteiger charge is 2.33. The quantitative estimate of drug-likeness (QED) is 0.596. The predicted molar refractivity (Wildman–Crippen MR) is 99.1 cm³/mol. The van der Waals surface area contributed by atoms with Crippen LogP contribution in [-0.4, -0.2) is 40.4 Å². The third-order valence-electron chi connectivity index (χ3n) is 4.52. The Balaban J connectivity index is 1.88. The molecule has 142 valence electrons. The van der Waals surface area contributed by atoms with Gasteiger partial charge in [-0.25, -0.2) is 14.9 Å². The van der Waals surface area contributed by atoms with Crippen LogP contribution in [0.1, 0.15) is 17.2 Å². The molecule has 0 N–H and O–H groups in total. The number of fused-ring (bicyclic) bond motifs is 1. The van der Waals surface area contributed by atoms with Crippen LogP contribution in [0.3, 0.4) is 0 Å². The van der Waals surface area contributed by atoms with Gasteiger partial charge in [0.05, 0.1) is 19.9 Å². The van der Waals surface area contributed by atoms with Crippen molar-refractivity contribution in [1.29, 1.82) is 5.26 Å². The molecule has 0 saturated carbocycles. The van der Waals surface area contributed by atoms with Crippen molar-refractivity contribution in [3.05, 3.63) is 53.9 Å². The molecule has 0 saturated heterocycles. The molecule has 8 nitrogen and oxygen atoms in total. The summed E-state index contributed by atoms with van der Waals surface area (Å²) in [7, 11) is 3.89. The molecule has 2 aromatic rings. The lowest BCUT2D eigenvalue weighted by atomic mass is 9.91. The largest absolute Gasteiger partial charge is 0.513 e. The first-order valence-corrected chi connectivity index (χ1v) is 8.54. The lowest BCUT2D eigenvalue weighted by molar-refractivity contribution is -0.537. The number of benzene rings is 1. The number of hydrogen-bond donors (Lipinski definition) is 0. The molecule has 0 bridgehead atoms. The number of hydrogen-bond acceptors (Lipinski definition) is 6. The average Bonchev–Trinajstić information content (AvgIpc) is 3.08. The second-order valence-electron chi connectivity index (χ2n) is 6.12. The number of carbonyl (C=O) groups is 2. The molecule has 9 heteroatoms. The monoisotopic (exact) mass is 379 g/mol. The highest BCUT2D eigenvalue weighted by Crippen LogP contribution is 2.38. The van der Waals surface area contributed by atoms with E-state index in [1.807, 2.05) is 30.2 Å². The minimum atomic E-state index is -0.838. The predicted octanol–water partition coefficient (Wildman–Crippen LogP) is 1.98. The van der Waals surface area contributed by atoms with Gasteiger partial charge in [-0.15, -0.1) is 5.97 Å². The molecule has 0 aliphatic carbocycles. The summed E-state index contributed by atoms with van der Waals surface area (Å²) in [5.74, 6) is 2.26. The van der Waals surface area contributed by atoms with Crippen molar-refractivity contribution in [2.45, 2.75) is 12.3 Å². The fourth-order valence-electron chi connectivity index (χ4n) is 3.29. The zero-order chi connectivity index (χ0) is 20.1. The molecule has 3 rings (SSSR count). The average molecular weight is 379 g/mol. The van der Waals surface area contributed by atoms with E-state index in [0.29, 0.717) is 13.0 Å². The van der Waals surface area contributed by atoms with Gasteiger partial charge in [-0.3, -0.25) is 4.90 Å². The Morgan fingerprint density at radius 1 is 1.25 bits per heavy atom. The molecule has 1 unspecified atom stereocenters. The number of aromatic nitrogens is 1. The van der Waals surface area contributed by atoms with Gasteiger partial charge in [-0.2, -0.15) is 0 Å². The lowest BCUT2D eigenvalue weighted by Gasteiger charge is -2.17. The van der Waals surface area contributed by atoms with Gasteiger partial charge in [0.1, 0.15) is 5.69 Å². The van der Waals surface area contributed by atoms with E-state index in [1.54, 1.807) is 21.5 Å². The maximum atomic E-state index is 12.1. The van der Waals surface area contributed by atoms with Crippen LogP contribution in [0.4, 0.5) is 15.3 Å². The van der Waals surface area contributed by atoms with E-state index in [1.165, 1.54) is 27.8 Å². The van der Waals surface area contributed by atoms with Crippen LogP contribution in [0.2, 0.25) is 0 Å². The highest BCUT2D eigenvalue weighted by molar-refractivity contribution is 6.35. The Morgan fingerprint density at radius 3 is 2.75 bits per heavy atom. The van der Waals surface area contributed by atoms with Crippen LogP contribution in [0.25, 0.3) is 0 Å². The van der Waals surface area contributed by atoms with Gasteiger partial charge in [-0.05, 0) is 17.7 Å². The fraction of sp³-hybridized carbons (Fsp3) is 0.263. The van der Waals surface area contributed by atoms with E-state index in [2.05, 4.69) is 4.74 Å². The number of rotatable bonds is 4. The van der Waals surface area contributed by atoms with Crippen LogP contribution >= 0.6 is 0 Å². The van der Waals surface area contributed by atoms with Crippen LogP contribution in [-0.2, 0) is 15.9 Å². The third-order valence-corrected chi connectivity index (χ3v) is 4.52. The normalized spacial score (nSPS) is 14.8. The molecule has 2 radical (unpaired) electrons. The van der Waals surface area contributed by atoms with Crippen LogP contribution in [0, 0.1) is 11.2 Å². The maximum Gasteiger partial charge on any atom is 0.513 e.